The highest BCUT2D eigenvalue weighted by molar-refractivity contribution is 7.89. The first-order valence-corrected chi connectivity index (χ1v) is 5.30. The van der Waals surface area contributed by atoms with Crippen molar-refractivity contribution >= 4 is 10.0 Å². The summed E-state index contributed by atoms with van der Waals surface area (Å²) >= 11 is 0. The molecule has 0 spiro atoms. The van der Waals surface area contributed by atoms with Crippen LogP contribution in [0.5, 0.6) is 0 Å². The number of sulfonamides is 1. The number of benzene rings is 1. The molecule has 0 heterocycles. The lowest BCUT2D eigenvalue weighted by Gasteiger charge is -2.03. The fraction of sp³-hybridized carbons (Fsp3) is 0.250. The number of ether oxygens (including phenoxy) is 1. The SMILES string of the molecule is COCc1ccc(S(N)(=O)=O)cc1F. The van der Waals surface area contributed by atoms with Crippen LogP contribution in [0, 0.1) is 5.82 Å². The van der Waals surface area contributed by atoms with Gasteiger partial charge in [0.05, 0.1) is 11.5 Å². The molecular weight excluding hydrogens is 209 g/mol. The fourth-order valence-corrected chi connectivity index (χ4v) is 1.50. The van der Waals surface area contributed by atoms with Crippen molar-refractivity contribution in [3.8, 4) is 0 Å². The molecule has 0 saturated heterocycles. The highest BCUT2D eigenvalue weighted by atomic mass is 32.2. The van der Waals surface area contributed by atoms with E-state index in [1.807, 2.05) is 0 Å². The average Bonchev–Trinajstić information content (AvgIpc) is 2.07. The van der Waals surface area contributed by atoms with Crippen molar-refractivity contribution in [2.24, 2.45) is 5.14 Å². The van der Waals surface area contributed by atoms with Gasteiger partial charge in [-0.3, -0.25) is 0 Å². The molecule has 0 amide bonds. The lowest BCUT2D eigenvalue weighted by atomic mass is 10.2. The van der Waals surface area contributed by atoms with Crippen molar-refractivity contribution in [3.63, 3.8) is 0 Å². The van der Waals surface area contributed by atoms with E-state index in [0.717, 1.165) is 6.07 Å². The third-order valence-electron chi connectivity index (χ3n) is 1.65. The molecule has 0 aliphatic carbocycles. The molecule has 0 aliphatic heterocycles. The predicted molar refractivity (Wildman–Crippen MR) is 48.5 cm³/mol. The third-order valence-corrected chi connectivity index (χ3v) is 2.56. The molecule has 6 heteroatoms. The number of methoxy groups -OCH3 is 1. The quantitative estimate of drug-likeness (QED) is 0.810. The fourth-order valence-electron chi connectivity index (χ4n) is 0.978. The second-order valence-electron chi connectivity index (χ2n) is 2.73. The Morgan fingerprint density at radius 1 is 1.50 bits per heavy atom. The van der Waals surface area contributed by atoms with Gasteiger partial charge in [0, 0.05) is 12.7 Å². The summed E-state index contributed by atoms with van der Waals surface area (Å²) in [4.78, 5) is -0.241. The first-order valence-electron chi connectivity index (χ1n) is 3.75. The molecule has 1 rings (SSSR count). The normalized spacial score (nSPS) is 11.6. The molecule has 0 unspecified atom stereocenters. The van der Waals surface area contributed by atoms with Crippen LogP contribution in [-0.4, -0.2) is 15.5 Å². The zero-order valence-electron chi connectivity index (χ0n) is 7.53. The maximum absolute atomic E-state index is 13.2. The van der Waals surface area contributed by atoms with Crippen molar-refractivity contribution in [3.05, 3.63) is 29.6 Å². The first kappa shape index (κ1) is 11.1. The zero-order chi connectivity index (χ0) is 10.8. The summed E-state index contributed by atoms with van der Waals surface area (Å²) in [5.41, 5.74) is 0.292. The molecule has 14 heavy (non-hydrogen) atoms. The largest absolute Gasteiger partial charge is 0.380 e. The van der Waals surface area contributed by atoms with Crippen LogP contribution in [0.2, 0.25) is 0 Å². The molecule has 0 saturated carbocycles. The maximum Gasteiger partial charge on any atom is 0.238 e. The minimum Gasteiger partial charge on any atom is -0.380 e. The molecule has 0 fully saturated rings. The van der Waals surface area contributed by atoms with Crippen molar-refractivity contribution in [1.29, 1.82) is 0 Å². The van der Waals surface area contributed by atoms with Gasteiger partial charge >= 0.3 is 0 Å². The summed E-state index contributed by atoms with van der Waals surface area (Å²) in [6.07, 6.45) is 0. The number of rotatable bonds is 3. The van der Waals surface area contributed by atoms with Crippen LogP contribution < -0.4 is 5.14 Å². The molecule has 0 radical (unpaired) electrons. The van der Waals surface area contributed by atoms with Crippen LogP contribution in [0.1, 0.15) is 5.56 Å². The van der Waals surface area contributed by atoms with Crippen LogP contribution >= 0.6 is 0 Å². The highest BCUT2D eigenvalue weighted by Crippen LogP contribution is 2.14. The van der Waals surface area contributed by atoms with Crippen LogP contribution in [0.4, 0.5) is 4.39 Å². The summed E-state index contributed by atoms with van der Waals surface area (Å²) in [5.74, 6) is -0.640. The van der Waals surface area contributed by atoms with Gasteiger partial charge < -0.3 is 4.74 Å². The van der Waals surface area contributed by atoms with Gasteiger partial charge in [-0.2, -0.15) is 0 Å². The monoisotopic (exact) mass is 219 g/mol. The van der Waals surface area contributed by atoms with E-state index in [9.17, 15) is 12.8 Å². The summed E-state index contributed by atoms with van der Waals surface area (Å²) in [5, 5.41) is 4.82. The van der Waals surface area contributed by atoms with E-state index in [1.54, 1.807) is 0 Å². The van der Waals surface area contributed by atoms with E-state index in [4.69, 9.17) is 9.88 Å². The van der Waals surface area contributed by atoms with E-state index < -0.39 is 15.8 Å². The Kier molecular flexibility index (Phi) is 3.20. The van der Waals surface area contributed by atoms with Crippen LogP contribution in [0.15, 0.2) is 23.1 Å². The van der Waals surface area contributed by atoms with Gasteiger partial charge in [-0.05, 0) is 12.1 Å². The Balaban J connectivity index is 3.13. The Morgan fingerprint density at radius 2 is 2.14 bits per heavy atom. The Labute approximate surface area is 81.5 Å². The summed E-state index contributed by atoms with van der Waals surface area (Å²) in [7, 11) is -2.41. The van der Waals surface area contributed by atoms with Gasteiger partial charge in [0.25, 0.3) is 0 Å². The Bertz CT molecular complexity index is 430. The first-order chi connectivity index (χ1) is 6.45. The van der Waals surface area contributed by atoms with Gasteiger partial charge in [-0.1, -0.05) is 6.07 Å². The second kappa shape index (κ2) is 4.04. The summed E-state index contributed by atoms with van der Waals surface area (Å²) in [6, 6.07) is 3.45. The topological polar surface area (TPSA) is 69.4 Å². The molecule has 1 aromatic rings. The minimum atomic E-state index is -3.84. The number of nitrogens with two attached hydrogens (primary N) is 1. The smallest absolute Gasteiger partial charge is 0.238 e. The molecule has 0 aliphatic rings. The van der Waals surface area contributed by atoms with Crippen molar-refractivity contribution in [2.75, 3.05) is 7.11 Å². The Hall–Kier alpha value is -0.980. The number of halogens is 1. The van der Waals surface area contributed by atoms with Gasteiger partial charge in [0.15, 0.2) is 0 Å². The summed E-state index contributed by atoms with van der Waals surface area (Å²) < 4.78 is 39.5. The van der Waals surface area contributed by atoms with Crippen molar-refractivity contribution in [2.45, 2.75) is 11.5 Å². The standard InChI is InChI=1S/C8H10FNO3S/c1-13-5-6-2-3-7(4-8(6)9)14(10,11)12/h2-4H,5H2,1H3,(H2,10,11,12). The van der Waals surface area contributed by atoms with E-state index >= 15 is 0 Å². The average molecular weight is 219 g/mol. The molecule has 4 nitrogen and oxygen atoms in total. The van der Waals surface area contributed by atoms with Crippen LogP contribution in [0.3, 0.4) is 0 Å². The van der Waals surface area contributed by atoms with Gasteiger partial charge in [0.2, 0.25) is 10.0 Å². The number of primary sulfonamides is 1. The van der Waals surface area contributed by atoms with E-state index in [2.05, 4.69) is 0 Å². The van der Waals surface area contributed by atoms with E-state index in [1.165, 1.54) is 19.2 Å². The van der Waals surface area contributed by atoms with Gasteiger partial charge in [-0.25, -0.2) is 17.9 Å². The Morgan fingerprint density at radius 3 is 2.57 bits per heavy atom. The van der Waals surface area contributed by atoms with Crippen molar-refractivity contribution < 1.29 is 17.5 Å². The zero-order valence-corrected chi connectivity index (χ0v) is 8.34. The van der Waals surface area contributed by atoms with E-state index in [0.29, 0.717) is 5.56 Å². The molecule has 78 valence electrons. The molecule has 0 atom stereocenters. The summed E-state index contributed by atoms with van der Waals surface area (Å²) in [6.45, 7) is 0.0940. The van der Waals surface area contributed by atoms with Gasteiger partial charge in [-0.15, -0.1) is 0 Å². The molecular formula is C8H10FNO3S. The lowest BCUT2D eigenvalue weighted by Crippen LogP contribution is -2.12. The van der Waals surface area contributed by atoms with Crippen LogP contribution in [0.25, 0.3) is 0 Å². The third kappa shape index (κ3) is 2.50. The van der Waals surface area contributed by atoms with Crippen molar-refractivity contribution in [1.82, 2.24) is 0 Å². The van der Waals surface area contributed by atoms with E-state index in [-0.39, 0.29) is 11.5 Å². The minimum absolute atomic E-state index is 0.0940. The van der Waals surface area contributed by atoms with Crippen LogP contribution in [-0.2, 0) is 21.4 Å². The molecule has 2 N–H and O–H groups in total. The van der Waals surface area contributed by atoms with Gasteiger partial charge in [0.1, 0.15) is 5.82 Å². The maximum atomic E-state index is 13.2. The molecule has 1 aromatic carbocycles. The molecule has 0 bridgehead atoms. The lowest BCUT2D eigenvalue weighted by molar-refractivity contribution is 0.181. The highest BCUT2D eigenvalue weighted by Gasteiger charge is 2.10. The number of hydrogen-bond donors (Lipinski definition) is 1. The predicted octanol–water partition coefficient (Wildman–Crippen LogP) is 0.620. The second-order valence-corrected chi connectivity index (χ2v) is 4.29. The number of hydrogen-bond acceptors (Lipinski definition) is 3. The molecule has 0 aromatic heterocycles.